The third-order valence-electron chi connectivity index (χ3n) is 3.81. The van der Waals surface area contributed by atoms with Gasteiger partial charge in [-0.1, -0.05) is 18.6 Å². The first-order valence-corrected chi connectivity index (χ1v) is 8.45. The average molecular weight is 310 g/mol. The van der Waals surface area contributed by atoms with E-state index in [2.05, 4.69) is 5.32 Å². The summed E-state index contributed by atoms with van der Waals surface area (Å²) in [4.78, 5) is 12.3. The fraction of sp³-hybridized carbons (Fsp3) is 0.562. The Morgan fingerprint density at radius 3 is 2.76 bits per heavy atom. The lowest BCUT2D eigenvalue weighted by molar-refractivity contribution is -0.124. The summed E-state index contributed by atoms with van der Waals surface area (Å²) >= 11 is 1.52. The van der Waals surface area contributed by atoms with E-state index in [0.717, 1.165) is 37.9 Å². The van der Waals surface area contributed by atoms with Gasteiger partial charge in [0.1, 0.15) is 5.82 Å². The topological polar surface area (TPSA) is 55.1 Å². The first-order valence-electron chi connectivity index (χ1n) is 7.46. The fourth-order valence-corrected chi connectivity index (χ4v) is 3.22. The van der Waals surface area contributed by atoms with Gasteiger partial charge < -0.3 is 11.1 Å². The number of unbranched alkanes of at least 4 members (excludes halogenated alkanes) is 1. The molecule has 1 aliphatic carbocycles. The van der Waals surface area contributed by atoms with Crippen LogP contribution >= 0.6 is 11.8 Å². The number of nitrogens with one attached hydrogen (secondary N) is 1. The van der Waals surface area contributed by atoms with Crippen LogP contribution in [0.15, 0.2) is 29.2 Å². The summed E-state index contributed by atoms with van der Waals surface area (Å²) in [6, 6.07) is 7.26. The number of carbonyl (C=O) groups is 1. The summed E-state index contributed by atoms with van der Waals surface area (Å²) in [6.45, 7) is 1.89. The molecule has 1 fully saturated rings. The van der Waals surface area contributed by atoms with Crippen molar-refractivity contribution in [1.29, 1.82) is 0 Å². The molecule has 0 spiro atoms. The number of amides is 1. The molecule has 0 aliphatic heterocycles. The zero-order valence-corrected chi connectivity index (χ0v) is 13.2. The van der Waals surface area contributed by atoms with Crippen molar-refractivity contribution in [3.8, 4) is 0 Å². The first-order chi connectivity index (χ1) is 10.0. The lowest BCUT2D eigenvalue weighted by atomic mass is 9.94. The minimum Gasteiger partial charge on any atom is -0.368 e. The van der Waals surface area contributed by atoms with Crippen LogP contribution in [-0.4, -0.2) is 23.2 Å². The van der Waals surface area contributed by atoms with Crippen LogP contribution in [0, 0.1) is 5.82 Å². The van der Waals surface area contributed by atoms with Crippen molar-refractivity contribution < 1.29 is 9.18 Å². The van der Waals surface area contributed by atoms with E-state index in [-0.39, 0.29) is 11.7 Å². The van der Waals surface area contributed by atoms with Crippen LogP contribution in [0.5, 0.6) is 0 Å². The highest BCUT2D eigenvalue weighted by atomic mass is 32.2. The lowest BCUT2D eigenvalue weighted by Crippen LogP contribution is -2.53. The Morgan fingerprint density at radius 2 is 2.14 bits per heavy atom. The molecule has 0 bridgehead atoms. The van der Waals surface area contributed by atoms with Crippen LogP contribution < -0.4 is 11.1 Å². The Balaban J connectivity index is 1.70. The zero-order valence-electron chi connectivity index (χ0n) is 12.4. The molecule has 0 aromatic heterocycles. The monoisotopic (exact) mass is 310 g/mol. The zero-order chi connectivity index (χ0) is 15.3. The van der Waals surface area contributed by atoms with Gasteiger partial charge in [-0.3, -0.25) is 4.79 Å². The quantitative estimate of drug-likeness (QED) is 0.544. The Bertz CT molecular complexity index is 493. The summed E-state index contributed by atoms with van der Waals surface area (Å²) in [5.41, 5.74) is 4.91. The molecular weight excluding hydrogens is 287 g/mol. The van der Waals surface area contributed by atoms with Gasteiger partial charge in [-0.25, -0.2) is 4.39 Å². The predicted octanol–water partition coefficient (Wildman–Crippen LogP) is 3.08. The minimum absolute atomic E-state index is 0.167. The van der Waals surface area contributed by atoms with Gasteiger partial charge in [-0.2, -0.15) is 0 Å². The summed E-state index contributed by atoms with van der Waals surface area (Å²) in [5.74, 6) is 0.398. The number of primary amides is 1. The van der Waals surface area contributed by atoms with Crippen LogP contribution in [0.25, 0.3) is 0 Å². The highest BCUT2D eigenvalue weighted by Gasteiger charge is 2.36. The van der Waals surface area contributed by atoms with Crippen molar-refractivity contribution in [2.45, 2.75) is 55.5 Å². The van der Waals surface area contributed by atoms with Crippen LogP contribution in [0.4, 0.5) is 4.39 Å². The Labute approximate surface area is 129 Å². The second-order valence-corrected chi connectivity index (χ2v) is 6.99. The standard InChI is InChI=1S/C16H23FN2OS/c1-16(15(18)20,19-12-8-9-12)10-4-5-11-21-14-7-3-2-6-13(14)17/h2-3,6-7,12,19H,4-5,8-11H2,1H3,(H2,18,20). The SMILES string of the molecule is CC(CCCCSc1ccccc1F)(NC1CC1)C(N)=O. The van der Waals surface area contributed by atoms with E-state index < -0.39 is 5.54 Å². The van der Waals surface area contributed by atoms with Crippen molar-refractivity contribution in [2.75, 3.05) is 5.75 Å². The molecule has 1 aromatic carbocycles. The highest BCUT2D eigenvalue weighted by molar-refractivity contribution is 7.99. The van der Waals surface area contributed by atoms with Gasteiger partial charge in [0.2, 0.25) is 5.91 Å². The molecule has 0 heterocycles. The summed E-state index contributed by atoms with van der Waals surface area (Å²) in [6.07, 6.45) is 4.84. The fourth-order valence-electron chi connectivity index (χ4n) is 2.27. The van der Waals surface area contributed by atoms with Crippen LogP contribution in [-0.2, 0) is 4.79 Å². The molecule has 3 N–H and O–H groups in total. The average Bonchev–Trinajstić information content (AvgIpc) is 3.24. The second-order valence-electron chi connectivity index (χ2n) is 5.85. The van der Waals surface area contributed by atoms with E-state index in [1.54, 1.807) is 12.1 Å². The van der Waals surface area contributed by atoms with E-state index in [1.165, 1.54) is 17.8 Å². The predicted molar refractivity (Wildman–Crippen MR) is 84.7 cm³/mol. The number of thioether (sulfide) groups is 1. The number of rotatable bonds is 9. The molecule has 1 atom stereocenters. The van der Waals surface area contributed by atoms with Gasteiger partial charge in [0.15, 0.2) is 0 Å². The molecule has 1 unspecified atom stereocenters. The van der Waals surface area contributed by atoms with Crippen molar-refractivity contribution in [3.05, 3.63) is 30.1 Å². The van der Waals surface area contributed by atoms with Gasteiger partial charge in [-0.15, -0.1) is 11.8 Å². The Hall–Kier alpha value is -1.07. The molecule has 1 saturated carbocycles. The van der Waals surface area contributed by atoms with Crippen molar-refractivity contribution in [2.24, 2.45) is 5.73 Å². The molecule has 1 amide bonds. The molecule has 1 aliphatic rings. The maximum atomic E-state index is 13.5. The van der Waals surface area contributed by atoms with Gasteiger partial charge in [0, 0.05) is 10.9 Å². The van der Waals surface area contributed by atoms with Crippen LogP contribution in [0.3, 0.4) is 0 Å². The number of halogens is 1. The largest absolute Gasteiger partial charge is 0.368 e. The number of nitrogens with two attached hydrogens (primary N) is 1. The van der Waals surface area contributed by atoms with Crippen molar-refractivity contribution in [1.82, 2.24) is 5.32 Å². The van der Waals surface area contributed by atoms with Crippen LogP contribution in [0.1, 0.15) is 39.0 Å². The number of benzene rings is 1. The lowest BCUT2D eigenvalue weighted by Gasteiger charge is -2.27. The minimum atomic E-state index is -0.607. The first kappa shape index (κ1) is 16.3. The van der Waals surface area contributed by atoms with Crippen molar-refractivity contribution in [3.63, 3.8) is 0 Å². The number of hydrogen-bond donors (Lipinski definition) is 2. The van der Waals surface area contributed by atoms with E-state index in [1.807, 2.05) is 13.0 Å². The molecule has 1 aromatic rings. The van der Waals surface area contributed by atoms with E-state index in [0.29, 0.717) is 10.9 Å². The Kier molecular flexibility index (Phi) is 5.65. The van der Waals surface area contributed by atoms with Gasteiger partial charge in [0.05, 0.1) is 5.54 Å². The molecular formula is C16H23FN2OS. The number of hydrogen-bond acceptors (Lipinski definition) is 3. The van der Waals surface area contributed by atoms with Gasteiger partial charge in [0.25, 0.3) is 0 Å². The summed E-state index contributed by atoms with van der Waals surface area (Å²) < 4.78 is 13.5. The summed E-state index contributed by atoms with van der Waals surface area (Å²) in [5, 5.41) is 3.34. The van der Waals surface area contributed by atoms with E-state index >= 15 is 0 Å². The maximum absolute atomic E-state index is 13.5. The molecule has 5 heteroatoms. The maximum Gasteiger partial charge on any atom is 0.237 e. The Morgan fingerprint density at radius 1 is 1.43 bits per heavy atom. The van der Waals surface area contributed by atoms with E-state index in [9.17, 15) is 9.18 Å². The second kappa shape index (κ2) is 7.27. The summed E-state index contributed by atoms with van der Waals surface area (Å²) in [7, 11) is 0. The van der Waals surface area contributed by atoms with Gasteiger partial charge in [-0.05, 0) is 50.5 Å². The van der Waals surface area contributed by atoms with Crippen LogP contribution in [0.2, 0.25) is 0 Å². The van der Waals surface area contributed by atoms with E-state index in [4.69, 9.17) is 5.73 Å². The molecule has 0 saturated heterocycles. The highest BCUT2D eigenvalue weighted by Crippen LogP contribution is 2.26. The van der Waals surface area contributed by atoms with Gasteiger partial charge >= 0.3 is 0 Å². The smallest absolute Gasteiger partial charge is 0.237 e. The molecule has 116 valence electrons. The third kappa shape index (κ3) is 5.00. The number of carbonyl (C=O) groups excluding carboxylic acids is 1. The molecule has 3 nitrogen and oxygen atoms in total. The third-order valence-corrected chi connectivity index (χ3v) is 4.94. The molecule has 0 radical (unpaired) electrons. The normalized spacial score (nSPS) is 17.4. The van der Waals surface area contributed by atoms with Crippen molar-refractivity contribution >= 4 is 17.7 Å². The molecule has 21 heavy (non-hydrogen) atoms. The molecule has 2 rings (SSSR count).